The number of nitrogens with two attached hydrogens (primary N) is 1. The molecule has 3 aromatic rings. The molecule has 0 spiro atoms. The predicted molar refractivity (Wildman–Crippen MR) is 109 cm³/mol. The maximum absolute atomic E-state index is 10.5. The third-order valence-electron chi connectivity index (χ3n) is 4.83. The van der Waals surface area contributed by atoms with Crippen molar-refractivity contribution in [2.45, 2.75) is 51.8 Å². The van der Waals surface area contributed by atoms with Crippen molar-refractivity contribution < 1.29 is 14.4 Å². The molecular formula is C22H30N3O2+. The molecule has 0 aliphatic heterocycles. The molecule has 1 unspecified atom stereocenters. The number of hydrogen-bond acceptors (Lipinski definition) is 3. The van der Waals surface area contributed by atoms with Crippen LogP contribution in [0.5, 0.6) is 5.75 Å². The molecule has 1 aromatic heterocycles. The average molecular weight is 369 g/mol. The van der Waals surface area contributed by atoms with Gasteiger partial charge in [-0.2, -0.15) is 0 Å². The van der Waals surface area contributed by atoms with Gasteiger partial charge in [-0.05, 0) is 30.7 Å². The fraction of sp³-hybridized carbons (Fsp3) is 0.409. The summed E-state index contributed by atoms with van der Waals surface area (Å²) in [6.07, 6.45) is 4.13. The van der Waals surface area contributed by atoms with Crippen molar-refractivity contribution in [3.05, 3.63) is 54.6 Å². The van der Waals surface area contributed by atoms with Crippen molar-refractivity contribution in [3.8, 4) is 5.75 Å². The first-order chi connectivity index (χ1) is 13.2. The summed E-state index contributed by atoms with van der Waals surface area (Å²) in [5.74, 6) is 1.44. The number of aliphatic hydroxyl groups is 1. The highest BCUT2D eigenvalue weighted by Gasteiger charge is 2.22. The summed E-state index contributed by atoms with van der Waals surface area (Å²) in [5, 5.41) is 10.5. The number of aromatic nitrogens is 2. The molecule has 5 heteroatoms. The maximum Gasteiger partial charge on any atom is 0.356 e. The van der Waals surface area contributed by atoms with Crippen LogP contribution in [0.2, 0.25) is 0 Å². The summed E-state index contributed by atoms with van der Waals surface area (Å²) in [5.41, 5.74) is 8.62. The zero-order valence-electron chi connectivity index (χ0n) is 16.1. The van der Waals surface area contributed by atoms with Crippen molar-refractivity contribution in [1.82, 2.24) is 4.57 Å². The number of hydrogen-bond donors (Lipinski definition) is 2. The Bertz CT molecular complexity index is 845. The number of para-hydroxylation sites is 3. The minimum Gasteiger partial charge on any atom is -0.491 e. The first kappa shape index (κ1) is 19.2. The first-order valence-electron chi connectivity index (χ1n) is 9.83. The number of aryl methyl sites for hydroxylation is 1. The quantitative estimate of drug-likeness (QED) is 0.425. The highest BCUT2D eigenvalue weighted by Crippen LogP contribution is 2.18. The van der Waals surface area contributed by atoms with E-state index in [1.54, 1.807) is 0 Å². The topological polar surface area (TPSA) is 64.3 Å². The molecule has 0 bridgehead atoms. The molecule has 5 nitrogen and oxygen atoms in total. The number of nitrogens with zero attached hydrogens (tertiary/aromatic N) is 2. The SMILES string of the molecule is CCCCCCn1c(N)[n+](CC(O)COc2ccccc2)c2ccccc21. The van der Waals surface area contributed by atoms with Crippen LogP contribution in [0.15, 0.2) is 54.6 Å². The van der Waals surface area contributed by atoms with Crippen molar-refractivity contribution in [2.75, 3.05) is 12.3 Å². The van der Waals surface area contributed by atoms with E-state index in [0.717, 1.165) is 29.7 Å². The summed E-state index contributed by atoms with van der Waals surface area (Å²) in [7, 11) is 0. The molecule has 0 saturated carbocycles. The predicted octanol–water partition coefficient (Wildman–Crippen LogP) is 3.53. The Labute approximate surface area is 161 Å². The lowest BCUT2D eigenvalue weighted by Gasteiger charge is -2.12. The molecular weight excluding hydrogens is 338 g/mol. The lowest BCUT2D eigenvalue weighted by atomic mass is 10.2. The number of fused-ring (bicyclic) bond motifs is 1. The number of imidazole rings is 1. The number of rotatable bonds is 10. The number of anilines is 1. The molecule has 3 N–H and O–H groups in total. The maximum atomic E-state index is 10.5. The summed E-state index contributed by atoms with van der Waals surface area (Å²) in [6.45, 7) is 3.75. The van der Waals surface area contributed by atoms with Gasteiger partial charge in [0.1, 0.15) is 36.0 Å². The summed E-state index contributed by atoms with van der Waals surface area (Å²) in [6, 6.07) is 17.7. The zero-order chi connectivity index (χ0) is 19.1. The molecule has 0 saturated heterocycles. The van der Waals surface area contributed by atoms with Crippen molar-refractivity contribution in [2.24, 2.45) is 0 Å². The van der Waals surface area contributed by atoms with Crippen LogP contribution in [0.4, 0.5) is 5.95 Å². The van der Waals surface area contributed by atoms with E-state index in [1.165, 1.54) is 19.3 Å². The number of ether oxygens (including phenoxy) is 1. The summed E-state index contributed by atoms with van der Waals surface area (Å²) < 4.78 is 9.84. The first-order valence-corrected chi connectivity index (χ1v) is 9.83. The Morgan fingerprint density at radius 2 is 1.78 bits per heavy atom. The molecule has 0 aliphatic rings. The van der Waals surface area contributed by atoms with Crippen molar-refractivity contribution in [1.29, 1.82) is 0 Å². The number of nitrogen functional groups attached to an aromatic ring is 1. The second kappa shape index (κ2) is 9.42. The van der Waals surface area contributed by atoms with E-state index in [4.69, 9.17) is 10.5 Å². The molecule has 1 heterocycles. The van der Waals surface area contributed by atoms with E-state index in [2.05, 4.69) is 23.6 Å². The van der Waals surface area contributed by atoms with Crippen LogP contribution in [0.3, 0.4) is 0 Å². The molecule has 1 atom stereocenters. The largest absolute Gasteiger partial charge is 0.491 e. The lowest BCUT2D eigenvalue weighted by molar-refractivity contribution is -0.665. The second-order valence-electron chi connectivity index (χ2n) is 6.95. The van der Waals surface area contributed by atoms with Crippen LogP contribution < -0.4 is 15.0 Å². The highest BCUT2D eigenvalue weighted by atomic mass is 16.5. The Morgan fingerprint density at radius 1 is 1.04 bits per heavy atom. The fourth-order valence-electron chi connectivity index (χ4n) is 3.41. The minimum absolute atomic E-state index is 0.229. The molecule has 3 rings (SSSR count). The monoisotopic (exact) mass is 368 g/mol. The van der Waals surface area contributed by atoms with Crippen LogP contribution in [0, 0.1) is 0 Å². The fourth-order valence-corrected chi connectivity index (χ4v) is 3.41. The number of benzene rings is 2. The Morgan fingerprint density at radius 3 is 2.56 bits per heavy atom. The molecule has 0 amide bonds. The van der Waals surface area contributed by atoms with Gasteiger partial charge in [-0.15, -0.1) is 0 Å². The second-order valence-corrected chi connectivity index (χ2v) is 6.95. The van der Waals surface area contributed by atoms with Crippen LogP contribution in [-0.2, 0) is 13.1 Å². The average Bonchev–Trinajstić information content (AvgIpc) is 2.96. The van der Waals surface area contributed by atoms with E-state index in [0.29, 0.717) is 12.5 Å². The van der Waals surface area contributed by atoms with Gasteiger partial charge >= 0.3 is 5.95 Å². The molecule has 0 fully saturated rings. The van der Waals surface area contributed by atoms with Gasteiger partial charge in [0.15, 0.2) is 0 Å². The molecule has 27 heavy (non-hydrogen) atoms. The number of aliphatic hydroxyl groups excluding tert-OH is 1. The Kier molecular flexibility index (Phi) is 6.71. The third kappa shape index (κ3) is 4.80. The van der Waals surface area contributed by atoms with E-state index in [9.17, 15) is 5.11 Å². The third-order valence-corrected chi connectivity index (χ3v) is 4.83. The van der Waals surface area contributed by atoms with Gasteiger partial charge in [0.05, 0.1) is 6.54 Å². The molecule has 2 aromatic carbocycles. The van der Waals surface area contributed by atoms with Gasteiger partial charge in [-0.1, -0.05) is 56.5 Å². The molecule has 0 aliphatic carbocycles. The molecule has 144 valence electrons. The minimum atomic E-state index is -0.642. The van der Waals surface area contributed by atoms with Crippen LogP contribution in [-0.4, -0.2) is 22.4 Å². The summed E-state index contributed by atoms with van der Waals surface area (Å²) in [4.78, 5) is 0. The standard InChI is InChI=1S/C22H29N3O2/c1-2-3-4-10-15-24-20-13-8-9-14-21(20)25(22(24)23)16-18(26)17-27-19-11-6-5-7-12-19/h5-9,11-14,18,23,26H,2-4,10,15-17H2,1H3/p+1. The summed E-state index contributed by atoms with van der Waals surface area (Å²) >= 11 is 0. The van der Waals surface area contributed by atoms with Gasteiger partial charge in [-0.25, -0.2) is 9.13 Å². The highest BCUT2D eigenvalue weighted by molar-refractivity contribution is 5.73. The Balaban J connectivity index is 1.72. The number of unbranched alkanes of at least 4 members (excludes halogenated alkanes) is 3. The zero-order valence-corrected chi connectivity index (χ0v) is 16.1. The van der Waals surface area contributed by atoms with Gasteiger partial charge in [0, 0.05) is 0 Å². The smallest absolute Gasteiger partial charge is 0.356 e. The van der Waals surface area contributed by atoms with Crippen LogP contribution in [0.1, 0.15) is 32.6 Å². The lowest BCUT2D eigenvalue weighted by Crippen LogP contribution is -2.43. The van der Waals surface area contributed by atoms with Crippen molar-refractivity contribution in [3.63, 3.8) is 0 Å². The normalized spacial score (nSPS) is 12.4. The van der Waals surface area contributed by atoms with E-state index >= 15 is 0 Å². The van der Waals surface area contributed by atoms with Gasteiger partial charge in [-0.3, -0.25) is 5.73 Å². The van der Waals surface area contributed by atoms with Gasteiger partial charge < -0.3 is 9.84 Å². The van der Waals surface area contributed by atoms with E-state index in [1.807, 2.05) is 47.0 Å². The Hall–Kier alpha value is -2.53. The molecule has 0 radical (unpaired) electrons. The van der Waals surface area contributed by atoms with E-state index in [-0.39, 0.29) is 6.61 Å². The van der Waals surface area contributed by atoms with Crippen LogP contribution >= 0.6 is 0 Å². The van der Waals surface area contributed by atoms with Gasteiger partial charge in [0.2, 0.25) is 0 Å². The van der Waals surface area contributed by atoms with Crippen LogP contribution in [0.25, 0.3) is 11.0 Å². The van der Waals surface area contributed by atoms with Crippen molar-refractivity contribution >= 4 is 17.0 Å². The van der Waals surface area contributed by atoms with Gasteiger partial charge in [0.25, 0.3) is 0 Å². The van der Waals surface area contributed by atoms with E-state index < -0.39 is 6.10 Å².